The third kappa shape index (κ3) is 3.54. The van der Waals surface area contributed by atoms with Crippen molar-refractivity contribution in [2.75, 3.05) is 26.2 Å². The van der Waals surface area contributed by atoms with Gasteiger partial charge in [0.1, 0.15) is 0 Å². The first-order valence-electron chi connectivity index (χ1n) is 7.03. The third-order valence-electron chi connectivity index (χ3n) is 3.89. The maximum Gasteiger partial charge on any atom is 0.255 e. The molecule has 1 atom stereocenters. The van der Waals surface area contributed by atoms with Gasteiger partial charge in [0.25, 0.3) is 5.91 Å². The van der Waals surface area contributed by atoms with Crippen molar-refractivity contribution in [3.63, 3.8) is 0 Å². The van der Waals surface area contributed by atoms with E-state index in [0.29, 0.717) is 29.3 Å². The molecule has 2 rings (SSSR count). The standard InChI is InChI=1S/C14H21N5OS/c1-9-8-12(10(2)17-16-9)14(20)19-6-4-18(5-7-19)11(3)13(15)21/h8,11H,4-7H2,1-3H3,(H2,15,21). The lowest BCUT2D eigenvalue weighted by Gasteiger charge is -2.37. The van der Waals surface area contributed by atoms with Crippen LogP contribution >= 0.6 is 12.2 Å². The number of rotatable bonds is 3. The van der Waals surface area contributed by atoms with Gasteiger partial charge in [-0.2, -0.15) is 10.2 Å². The average Bonchev–Trinajstić information content (AvgIpc) is 2.48. The molecular formula is C14H21N5OS. The summed E-state index contributed by atoms with van der Waals surface area (Å²) in [5.74, 6) is 0.0214. The number of carbonyl (C=O) groups is 1. The van der Waals surface area contributed by atoms with E-state index in [9.17, 15) is 4.79 Å². The molecule has 1 aliphatic rings. The van der Waals surface area contributed by atoms with Gasteiger partial charge in [0.15, 0.2) is 0 Å². The second kappa shape index (κ2) is 6.44. The molecule has 7 heteroatoms. The van der Waals surface area contributed by atoms with Gasteiger partial charge in [0.2, 0.25) is 0 Å². The van der Waals surface area contributed by atoms with Crippen LogP contribution < -0.4 is 5.73 Å². The Bertz CT molecular complexity index is 554. The minimum Gasteiger partial charge on any atom is -0.392 e. The maximum absolute atomic E-state index is 12.6. The average molecular weight is 307 g/mol. The molecule has 1 unspecified atom stereocenters. The van der Waals surface area contributed by atoms with Gasteiger partial charge in [-0.25, -0.2) is 0 Å². The van der Waals surface area contributed by atoms with Crippen LogP contribution in [0.4, 0.5) is 0 Å². The van der Waals surface area contributed by atoms with Gasteiger partial charge in [-0.1, -0.05) is 12.2 Å². The van der Waals surface area contributed by atoms with E-state index in [4.69, 9.17) is 18.0 Å². The predicted molar refractivity (Wildman–Crippen MR) is 85.2 cm³/mol. The van der Waals surface area contributed by atoms with Crippen molar-refractivity contribution in [2.24, 2.45) is 5.73 Å². The van der Waals surface area contributed by atoms with E-state index in [0.717, 1.165) is 18.8 Å². The fraction of sp³-hybridized carbons (Fsp3) is 0.571. The van der Waals surface area contributed by atoms with E-state index < -0.39 is 0 Å². The van der Waals surface area contributed by atoms with E-state index >= 15 is 0 Å². The summed E-state index contributed by atoms with van der Waals surface area (Å²) in [6, 6.07) is 1.87. The second-order valence-corrected chi connectivity index (χ2v) is 5.86. The van der Waals surface area contributed by atoms with Crippen LogP contribution in [0.5, 0.6) is 0 Å². The molecule has 1 aliphatic heterocycles. The van der Waals surface area contributed by atoms with Crippen LogP contribution in [0.3, 0.4) is 0 Å². The topological polar surface area (TPSA) is 75.4 Å². The van der Waals surface area contributed by atoms with Crippen LogP contribution in [-0.4, -0.2) is 63.1 Å². The first-order valence-corrected chi connectivity index (χ1v) is 7.44. The smallest absolute Gasteiger partial charge is 0.255 e. The number of piperazine rings is 1. The lowest BCUT2D eigenvalue weighted by Crippen LogP contribution is -2.54. The van der Waals surface area contributed by atoms with Gasteiger partial charge in [0.05, 0.1) is 28.0 Å². The minimum atomic E-state index is 0.0214. The van der Waals surface area contributed by atoms with E-state index in [-0.39, 0.29) is 11.9 Å². The molecule has 0 saturated carbocycles. The Kier molecular flexibility index (Phi) is 4.84. The molecule has 0 radical (unpaired) electrons. The summed E-state index contributed by atoms with van der Waals surface area (Å²) >= 11 is 5.03. The molecule has 1 aromatic rings. The molecule has 2 N–H and O–H groups in total. The monoisotopic (exact) mass is 307 g/mol. The van der Waals surface area contributed by atoms with Gasteiger partial charge in [-0.05, 0) is 26.8 Å². The zero-order chi connectivity index (χ0) is 15.6. The summed E-state index contributed by atoms with van der Waals surface area (Å²) in [6.45, 7) is 8.55. The molecule has 21 heavy (non-hydrogen) atoms. The Morgan fingerprint density at radius 1 is 1.29 bits per heavy atom. The number of aromatic nitrogens is 2. The Balaban J connectivity index is 2.03. The Morgan fingerprint density at radius 2 is 1.90 bits per heavy atom. The lowest BCUT2D eigenvalue weighted by molar-refractivity contribution is 0.0620. The SMILES string of the molecule is Cc1cc(C(=O)N2CCN(C(C)C(N)=S)CC2)c(C)nn1. The minimum absolute atomic E-state index is 0.0214. The number of aryl methyl sites for hydroxylation is 2. The van der Waals surface area contributed by atoms with Gasteiger partial charge in [-0.3, -0.25) is 9.69 Å². The Labute approximate surface area is 130 Å². The van der Waals surface area contributed by atoms with Gasteiger partial charge in [-0.15, -0.1) is 0 Å². The lowest BCUT2D eigenvalue weighted by atomic mass is 10.1. The second-order valence-electron chi connectivity index (χ2n) is 5.39. The molecule has 1 saturated heterocycles. The summed E-state index contributed by atoms with van der Waals surface area (Å²) in [5, 5.41) is 7.98. The third-order valence-corrected chi connectivity index (χ3v) is 4.23. The highest BCUT2D eigenvalue weighted by Gasteiger charge is 2.26. The summed E-state index contributed by atoms with van der Waals surface area (Å²) in [7, 11) is 0. The molecule has 0 aromatic carbocycles. The first-order chi connectivity index (χ1) is 9.90. The Hall–Kier alpha value is -1.60. The highest BCUT2D eigenvalue weighted by molar-refractivity contribution is 7.80. The first kappa shape index (κ1) is 15.8. The van der Waals surface area contributed by atoms with Gasteiger partial charge < -0.3 is 10.6 Å². The molecular weight excluding hydrogens is 286 g/mol. The van der Waals surface area contributed by atoms with Gasteiger partial charge in [0, 0.05) is 26.2 Å². The number of amides is 1. The fourth-order valence-corrected chi connectivity index (χ4v) is 2.58. The molecule has 0 bridgehead atoms. The Morgan fingerprint density at radius 3 is 2.48 bits per heavy atom. The molecule has 1 aromatic heterocycles. The summed E-state index contributed by atoms with van der Waals surface area (Å²) < 4.78 is 0. The van der Waals surface area contributed by atoms with E-state index in [2.05, 4.69) is 15.1 Å². The van der Waals surface area contributed by atoms with Crippen LogP contribution in [-0.2, 0) is 0 Å². The highest BCUT2D eigenvalue weighted by Crippen LogP contribution is 2.13. The molecule has 1 fully saturated rings. The van der Waals surface area contributed by atoms with Crippen molar-refractivity contribution in [3.05, 3.63) is 23.0 Å². The molecule has 0 spiro atoms. The number of carbonyl (C=O) groups excluding carboxylic acids is 1. The number of nitrogens with zero attached hydrogens (tertiary/aromatic N) is 4. The normalized spacial score (nSPS) is 17.6. The van der Waals surface area contributed by atoms with Gasteiger partial charge >= 0.3 is 0 Å². The summed E-state index contributed by atoms with van der Waals surface area (Å²) in [4.78, 5) is 17.1. The maximum atomic E-state index is 12.6. The largest absolute Gasteiger partial charge is 0.392 e. The molecule has 6 nitrogen and oxygen atoms in total. The number of hydrogen-bond acceptors (Lipinski definition) is 5. The highest BCUT2D eigenvalue weighted by atomic mass is 32.1. The van der Waals surface area contributed by atoms with Crippen molar-refractivity contribution in [3.8, 4) is 0 Å². The summed E-state index contributed by atoms with van der Waals surface area (Å²) in [5.41, 5.74) is 7.75. The van der Waals surface area contributed by atoms with Crippen molar-refractivity contribution in [1.82, 2.24) is 20.0 Å². The van der Waals surface area contributed by atoms with Crippen molar-refractivity contribution < 1.29 is 4.79 Å². The molecule has 1 amide bonds. The van der Waals surface area contributed by atoms with Crippen molar-refractivity contribution in [1.29, 1.82) is 0 Å². The molecule has 0 aliphatic carbocycles. The van der Waals surface area contributed by atoms with E-state index in [1.165, 1.54) is 0 Å². The van der Waals surface area contributed by atoms with Crippen molar-refractivity contribution in [2.45, 2.75) is 26.8 Å². The van der Waals surface area contributed by atoms with E-state index in [1.807, 2.05) is 25.7 Å². The quantitative estimate of drug-likeness (QED) is 0.821. The number of thiocarbonyl (C=S) groups is 1. The molecule has 2 heterocycles. The summed E-state index contributed by atoms with van der Waals surface area (Å²) in [6.07, 6.45) is 0. The van der Waals surface area contributed by atoms with Crippen LogP contribution in [0, 0.1) is 13.8 Å². The van der Waals surface area contributed by atoms with Crippen LogP contribution in [0.2, 0.25) is 0 Å². The van der Waals surface area contributed by atoms with E-state index in [1.54, 1.807) is 6.07 Å². The molecule has 114 valence electrons. The number of nitrogens with two attached hydrogens (primary N) is 1. The zero-order valence-electron chi connectivity index (χ0n) is 12.7. The predicted octanol–water partition coefficient (Wildman–Crippen LogP) is 0.526. The van der Waals surface area contributed by atoms with Crippen LogP contribution in [0.25, 0.3) is 0 Å². The van der Waals surface area contributed by atoms with Crippen LogP contribution in [0.1, 0.15) is 28.7 Å². The van der Waals surface area contributed by atoms with Crippen LogP contribution in [0.15, 0.2) is 6.07 Å². The number of hydrogen-bond donors (Lipinski definition) is 1. The zero-order valence-corrected chi connectivity index (χ0v) is 13.5. The fourth-order valence-electron chi connectivity index (χ4n) is 2.43. The van der Waals surface area contributed by atoms with Crippen molar-refractivity contribution >= 4 is 23.1 Å².